The molecular weight excluding hydrogens is 1270 g/mol. The molecule has 2 aliphatic rings. The summed E-state index contributed by atoms with van der Waals surface area (Å²) in [5, 5.41) is 13.2. The van der Waals surface area contributed by atoms with E-state index in [2.05, 4.69) is 30.3 Å². The van der Waals surface area contributed by atoms with E-state index in [4.69, 9.17) is 65.7 Å². The van der Waals surface area contributed by atoms with Gasteiger partial charge in [-0.1, -0.05) is 263 Å². The van der Waals surface area contributed by atoms with Gasteiger partial charge < -0.3 is 57.2 Å². The van der Waals surface area contributed by atoms with Crippen LogP contribution in [0.2, 0.25) is 0 Å². The summed E-state index contributed by atoms with van der Waals surface area (Å²) in [6.45, 7) is 5.14. The Morgan fingerprint density at radius 2 is 0.737 bits per heavy atom. The number of aliphatic hydroxyl groups excluding tert-OH is 1. The molecule has 9 aromatic rings. The van der Waals surface area contributed by atoms with Gasteiger partial charge in [-0.2, -0.15) is 0 Å². The van der Waals surface area contributed by atoms with Gasteiger partial charge in [0.2, 0.25) is 0 Å². The Hall–Kier alpha value is -7.13. The lowest BCUT2D eigenvalue weighted by molar-refractivity contribution is -0.205. The number of phosphoric acid groups is 1. The number of aliphatic hydroxyl groups is 1. The topological polar surface area (TPSA) is 167 Å². The molecule has 1 N–H and O–H groups in total. The highest BCUT2D eigenvalue weighted by Gasteiger charge is 2.45. The van der Waals surface area contributed by atoms with Crippen LogP contribution < -0.4 is 0 Å². The monoisotopic (exact) mass is 1360 g/mol. The Morgan fingerprint density at radius 3 is 1.16 bits per heavy atom. The first-order chi connectivity index (χ1) is 48.7. The maximum absolute atomic E-state index is 16.0. The molecule has 17 heteroatoms. The van der Waals surface area contributed by atoms with E-state index in [1.54, 1.807) is 0 Å². The van der Waals surface area contributed by atoms with Gasteiger partial charge in [-0.3, -0.25) is 13.6 Å². The Kier molecular flexibility index (Phi) is 28.9. The van der Waals surface area contributed by atoms with Crippen LogP contribution in [0.4, 0.5) is 0 Å². The first-order valence-electron chi connectivity index (χ1n) is 34.5. The smallest absolute Gasteiger partial charge is 0.390 e. The van der Waals surface area contributed by atoms with Crippen molar-refractivity contribution in [3.05, 3.63) is 299 Å². The summed E-state index contributed by atoms with van der Waals surface area (Å²) in [4.78, 5) is 0. The molecule has 13 atom stereocenters. The second kappa shape index (κ2) is 39.2. The zero-order valence-corrected chi connectivity index (χ0v) is 57.4. The summed E-state index contributed by atoms with van der Waals surface area (Å²) >= 11 is 0. The summed E-state index contributed by atoms with van der Waals surface area (Å²) in [5.74, 6) is 0. The lowest BCUT2D eigenvalue weighted by Gasteiger charge is -2.35. The van der Waals surface area contributed by atoms with Gasteiger partial charge >= 0.3 is 7.82 Å². The predicted molar refractivity (Wildman–Crippen MR) is 378 cm³/mol. The zero-order valence-electron chi connectivity index (χ0n) is 56.5. The van der Waals surface area contributed by atoms with E-state index in [1.165, 1.54) is 0 Å². The fourth-order valence-corrected chi connectivity index (χ4v) is 13.5. The van der Waals surface area contributed by atoms with Gasteiger partial charge in [-0.15, -0.1) is 0 Å². The highest BCUT2D eigenvalue weighted by Crippen LogP contribution is 2.54. The second-order valence-corrected chi connectivity index (χ2v) is 26.6. The highest BCUT2D eigenvalue weighted by atomic mass is 31.2. The summed E-state index contributed by atoms with van der Waals surface area (Å²) in [6, 6.07) is 83.4. The first kappa shape index (κ1) is 73.1. The second-order valence-electron chi connectivity index (χ2n) is 24.9. The van der Waals surface area contributed by atoms with Gasteiger partial charge in [0.1, 0.15) is 42.7 Å². The van der Waals surface area contributed by atoms with Crippen LogP contribution in [0.15, 0.2) is 255 Å². The average molecular weight is 1370 g/mol. The minimum Gasteiger partial charge on any atom is -0.390 e. The molecule has 16 nitrogen and oxygen atoms in total. The number of rotatable bonds is 42. The summed E-state index contributed by atoms with van der Waals surface area (Å²) in [5.41, 5.74) is 7.36. The van der Waals surface area contributed by atoms with Gasteiger partial charge in [0.25, 0.3) is 0 Å². The quantitative estimate of drug-likeness (QED) is 0.0359. The fraction of sp³-hybridized carbons (Fsp3) is 0.366. The molecule has 2 aliphatic heterocycles. The van der Waals surface area contributed by atoms with Gasteiger partial charge in [0.15, 0.2) is 12.6 Å². The first-order valence-corrected chi connectivity index (χ1v) is 36.0. The van der Waals surface area contributed by atoms with Crippen LogP contribution >= 0.6 is 7.82 Å². The van der Waals surface area contributed by atoms with Crippen molar-refractivity contribution in [3.63, 3.8) is 0 Å². The molecule has 99 heavy (non-hydrogen) atoms. The third-order valence-electron chi connectivity index (χ3n) is 17.6. The van der Waals surface area contributed by atoms with Crippen molar-refractivity contribution >= 4 is 18.6 Å². The van der Waals surface area contributed by atoms with E-state index >= 15 is 4.57 Å². The van der Waals surface area contributed by atoms with Crippen LogP contribution in [0.3, 0.4) is 0 Å². The molecule has 0 aromatic heterocycles. The van der Waals surface area contributed by atoms with Crippen molar-refractivity contribution in [2.45, 2.75) is 166 Å². The lowest BCUT2D eigenvalue weighted by Crippen LogP contribution is -2.47. The predicted octanol–water partition coefficient (Wildman–Crippen LogP) is 16.0. The third kappa shape index (κ3) is 23.2. The number of hydrogen-bond donors (Lipinski definition) is 1. The number of ether oxygens (including phenoxy) is 11. The molecule has 9 aromatic carbocycles. The van der Waals surface area contributed by atoms with Crippen molar-refractivity contribution < 1.29 is 75.3 Å². The molecule has 2 saturated heterocycles. The van der Waals surface area contributed by atoms with Gasteiger partial charge in [-0.05, 0) is 74.2 Å². The van der Waals surface area contributed by atoms with Crippen molar-refractivity contribution in [2.75, 3.05) is 26.4 Å². The maximum Gasteiger partial charge on any atom is 0.475 e. The van der Waals surface area contributed by atoms with E-state index < -0.39 is 75.3 Å². The molecule has 0 aliphatic carbocycles. The molecule has 522 valence electrons. The maximum atomic E-state index is 16.0. The van der Waals surface area contributed by atoms with Crippen molar-refractivity contribution in [1.29, 1.82) is 0 Å². The summed E-state index contributed by atoms with van der Waals surface area (Å²) in [6.07, 6.45) is -7.57. The van der Waals surface area contributed by atoms with Gasteiger partial charge in [0, 0.05) is 12.8 Å². The van der Waals surface area contributed by atoms with Crippen molar-refractivity contribution in [1.82, 2.24) is 0 Å². The van der Waals surface area contributed by atoms with Crippen LogP contribution in [0, 0.1) is 0 Å². The molecule has 0 spiro atoms. The van der Waals surface area contributed by atoms with Crippen LogP contribution in [0.1, 0.15) is 84.0 Å². The lowest BCUT2D eigenvalue weighted by atomic mass is 10.1. The Balaban J connectivity index is 0.869. The van der Waals surface area contributed by atoms with Crippen LogP contribution in [0.25, 0.3) is 10.8 Å². The molecule has 0 saturated carbocycles. The molecule has 0 amide bonds. The van der Waals surface area contributed by atoms with Crippen molar-refractivity contribution in [2.24, 2.45) is 0 Å². The van der Waals surface area contributed by atoms with Crippen LogP contribution in [-0.2, 0) is 123 Å². The Labute approximate surface area is 582 Å². The minimum atomic E-state index is -4.62. The summed E-state index contributed by atoms with van der Waals surface area (Å²) < 4.78 is 111. The van der Waals surface area contributed by atoms with Crippen molar-refractivity contribution in [3.8, 4) is 0 Å². The highest BCUT2D eigenvalue weighted by molar-refractivity contribution is 7.48. The standard InChI is InChI=1S/C82H93O16P/c1-3-72-71(83)47-79(96-72)90-58-77(88-52-63-32-16-7-17-33-63)82(93-55-66-38-22-10-23-39-66)78(89-53-64-34-18-8-19-35-64)60-95-99(84,94-56-67-40-24-11-25-41-67)98-74-48-80(97-73(74)4-2)91-59-76(87-51-62-30-14-6-15-31-62)81(92-54-65-36-20-9-21-37-65)75(86-50-61-28-12-5-13-29-61)57-85-49-68-44-45-69-42-26-27-43-70(69)46-68/h5-46,71-83H,3-4,47-60H2,1-2H3/t71-,72-,73-,74-,75?,76?,77?,78?,79-,80-,81?,82?,99?/m1/s1. The average Bonchev–Trinajstić information content (AvgIpc) is 1.74. The SMILES string of the molecule is CC[C@H]1O[C@@H](OCC(OCc2ccccc2)C(OCc2ccccc2)C(COP(=O)(OCc2ccccc2)O[C@@H]2C[C@H](OCC(OCc3ccccc3)C(OCc3ccccc3)C(COCc3ccc4ccccc4c3)OCc3ccccc3)O[C@@H]2CC)OCc2ccccc2)C[C@H]1O. The van der Waals surface area contributed by atoms with E-state index in [9.17, 15) is 5.11 Å². The Morgan fingerprint density at radius 1 is 0.374 bits per heavy atom. The number of phosphoric ester groups is 1. The molecule has 0 radical (unpaired) electrons. The van der Waals surface area contributed by atoms with E-state index in [-0.39, 0.29) is 91.6 Å². The number of fused-ring (bicyclic) bond motifs is 1. The summed E-state index contributed by atoms with van der Waals surface area (Å²) in [7, 11) is -4.62. The molecule has 7 unspecified atom stereocenters. The molecule has 2 fully saturated rings. The normalized spacial score (nSPS) is 20.2. The van der Waals surface area contributed by atoms with Crippen LogP contribution in [-0.4, -0.2) is 105 Å². The zero-order chi connectivity index (χ0) is 68.1. The molecule has 11 rings (SSSR count). The Bertz CT molecular complexity index is 3740. The number of benzene rings is 9. The molecular formula is C82H93O16P. The molecule has 2 heterocycles. The van der Waals surface area contributed by atoms with Crippen LogP contribution in [0.5, 0.6) is 0 Å². The largest absolute Gasteiger partial charge is 0.475 e. The van der Waals surface area contributed by atoms with Gasteiger partial charge in [-0.25, -0.2) is 4.57 Å². The van der Waals surface area contributed by atoms with E-state index in [0.717, 1.165) is 55.3 Å². The molecule has 0 bridgehead atoms. The fourth-order valence-electron chi connectivity index (χ4n) is 12.1. The van der Waals surface area contributed by atoms with E-state index in [1.807, 2.05) is 238 Å². The van der Waals surface area contributed by atoms with Gasteiger partial charge in [0.05, 0.1) is 97.6 Å². The number of hydrogen-bond acceptors (Lipinski definition) is 16. The third-order valence-corrected chi connectivity index (χ3v) is 19.0. The minimum absolute atomic E-state index is 0.0106. The van der Waals surface area contributed by atoms with E-state index in [0.29, 0.717) is 19.4 Å².